The van der Waals surface area contributed by atoms with Crippen LogP contribution < -0.4 is 5.32 Å². The number of ether oxygens (including phenoxy) is 1. The quantitative estimate of drug-likeness (QED) is 0.833. The van der Waals surface area contributed by atoms with Crippen LogP contribution in [0.1, 0.15) is 26.5 Å². The summed E-state index contributed by atoms with van der Waals surface area (Å²) in [4.78, 5) is 15.3. The number of amides is 1. The van der Waals surface area contributed by atoms with Gasteiger partial charge in [0.05, 0.1) is 5.69 Å². The highest BCUT2D eigenvalue weighted by atomic mass is 16.6. The summed E-state index contributed by atoms with van der Waals surface area (Å²) < 4.78 is 5.05. The summed E-state index contributed by atoms with van der Waals surface area (Å²) in [6.07, 6.45) is 4.42. The average molecular weight is 220 g/mol. The Morgan fingerprint density at radius 1 is 1.44 bits per heavy atom. The van der Waals surface area contributed by atoms with Crippen LogP contribution in [0.25, 0.3) is 6.08 Å². The Morgan fingerprint density at radius 2 is 2.19 bits per heavy atom. The van der Waals surface area contributed by atoms with Crippen LogP contribution in [0.15, 0.2) is 30.6 Å². The third-order valence-electron chi connectivity index (χ3n) is 1.54. The van der Waals surface area contributed by atoms with Crippen molar-refractivity contribution in [2.24, 2.45) is 0 Å². The minimum absolute atomic E-state index is 0.473. The smallest absolute Gasteiger partial charge is 0.411 e. The second-order valence-electron chi connectivity index (χ2n) is 4.23. The van der Waals surface area contributed by atoms with Crippen molar-refractivity contribution in [3.8, 4) is 0 Å². The molecule has 86 valence electrons. The first kappa shape index (κ1) is 12.2. The van der Waals surface area contributed by atoms with Crippen molar-refractivity contribution in [3.05, 3.63) is 36.3 Å². The summed E-state index contributed by atoms with van der Waals surface area (Å²) in [6, 6.07) is 5.55. The number of carbonyl (C=O) groups excluding carboxylic acids is 1. The van der Waals surface area contributed by atoms with E-state index in [1.54, 1.807) is 12.3 Å². The van der Waals surface area contributed by atoms with Gasteiger partial charge in [-0.2, -0.15) is 0 Å². The molecule has 4 heteroatoms. The third kappa shape index (κ3) is 5.14. The van der Waals surface area contributed by atoms with Crippen LogP contribution in [0.4, 0.5) is 4.79 Å². The van der Waals surface area contributed by atoms with E-state index in [1.807, 2.05) is 39.0 Å². The Balaban J connectivity index is 2.41. The minimum atomic E-state index is -0.483. The topological polar surface area (TPSA) is 51.2 Å². The zero-order chi connectivity index (χ0) is 12.0. The predicted octanol–water partition coefficient (Wildman–Crippen LogP) is 2.58. The Bertz CT molecular complexity index is 366. The second-order valence-corrected chi connectivity index (χ2v) is 4.23. The fourth-order valence-electron chi connectivity index (χ4n) is 0.977. The lowest BCUT2D eigenvalue weighted by Crippen LogP contribution is -2.29. The Hall–Kier alpha value is -1.84. The summed E-state index contributed by atoms with van der Waals surface area (Å²) in [6.45, 7) is 5.44. The first-order valence-corrected chi connectivity index (χ1v) is 5.04. The molecule has 0 saturated carbocycles. The van der Waals surface area contributed by atoms with Gasteiger partial charge in [0.1, 0.15) is 5.60 Å². The molecule has 0 fully saturated rings. The molecular weight excluding hydrogens is 204 g/mol. The van der Waals surface area contributed by atoms with Gasteiger partial charge in [0.2, 0.25) is 0 Å². The van der Waals surface area contributed by atoms with Crippen molar-refractivity contribution < 1.29 is 9.53 Å². The summed E-state index contributed by atoms with van der Waals surface area (Å²) in [5.41, 5.74) is 0.293. The van der Waals surface area contributed by atoms with E-state index in [0.29, 0.717) is 0 Å². The van der Waals surface area contributed by atoms with E-state index in [4.69, 9.17) is 4.74 Å². The highest BCUT2D eigenvalue weighted by Gasteiger charge is 2.14. The van der Waals surface area contributed by atoms with E-state index < -0.39 is 11.7 Å². The van der Waals surface area contributed by atoms with Crippen LogP contribution >= 0.6 is 0 Å². The zero-order valence-electron chi connectivity index (χ0n) is 9.73. The molecule has 1 N–H and O–H groups in total. The van der Waals surface area contributed by atoms with Crippen LogP contribution in [0.5, 0.6) is 0 Å². The fraction of sp³-hybridized carbons (Fsp3) is 0.333. The molecule has 16 heavy (non-hydrogen) atoms. The molecule has 0 bridgehead atoms. The monoisotopic (exact) mass is 220 g/mol. The number of pyridine rings is 1. The highest BCUT2D eigenvalue weighted by molar-refractivity contribution is 5.70. The van der Waals surface area contributed by atoms with Crippen molar-refractivity contribution in [3.63, 3.8) is 0 Å². The number of nitrogens with zero attached hydrogens (tertiary/aromatic N) is 1. The van der Waals surface area contributed by atoms with E-state index in [0.717, 1.165) is 5.69 Å². The van der Waals surface area contributed by atoms with Crippen LogP contribution in [0.3, 0.4) is 0 Å². The number of nitrogens with one attached hydrogen (secondary N) is 1. The molecule has 0 aliphatic rings. The number of rotatable bonds is 2. The van der Waals surface area contributed by atoms with Gasteiger partial charge in [0.25, 0.3) is 0 Å². The fourth-order valence-corrected chi connectivity index (χ4v) is 0.977. The molecule has 0 saturated heterocycles. The van der Waals surface area contributed by atoms with Crippen molar-refractivity contribution >= 4 is 12.2 Å². The lowest BCUT2D eigenvalue weighted by atomic mass is 10.2. The van der Waals surface area contributed by atoms with Gasteiger partial charge in [0.15, 0.2) is 0 Å². The molecule has 1 amide bonds. The first-order valence-electron chi connectivity index (χ1n) is 5.04. The molecule has 0 aliphatic carbocycles. The molecule has 1 rings (SSSR count). The van der Waals surface area contributed by atoms with Gasteiger partial charge < -0.3 is 4.74 Å². The predicted molar refractivity (Wildman–Crippen MR) is 62.6 cm³/mol. The average Bonchev–Trinajstić information content (AvgIpc) is 2.16. The van der Waals surface area contributed by atoms with Crippen LogP contribution in [0, 0.1) is 0 Å². The van der Waals surface area contributed by atoms with Gasteiger partial charge in [-0.15, -0.1) is 0 Å². The van der Waals surface area contributed by atoms with E-state index in [9.17, 15) is 4.79 Å². The number of hydrogen-bond acceptors (Lipinski definition) is 3. The number of alkyl carbamates (subject to hydrolysis) is 1. The Labute approximate surface area is 95.3 Å². The molecule has 1 heterocycles. The third-order valence-corrected chi connectivity index (χ3v) is 1.54. The van der Waals surface area contributed by atoms with Crippen molar-refractivity contribution in [1.29, 1.82) is 0 Å². The molecule has 0 aliphatic heterocycles. The Kier molecular flexibility index (Phi) is 4.05. The zero-order valence-corrected chi connectivity index (χ0v) is 9.73. The maximum absolute atomic E-state index is 11.2. The van der Waals surface area contributed by atoms with Gasteiger partial charge in [-0.3, -0.25) is 10.3 Å². The molecule has 0 unspecified atom stereocenters. The maximum Gasteiger partial charge on any atom is 0.411 e. The van der Waals surface area contributed by atoms with Crippen LogP contribution in [0.2, 0.25) is 0 Å². The van der Waals surface area contributed by atoms with Crippen molar-refractivity contribution in [2.45, 2.75) is 26.4 Å². The number of aromatic nitrogens is 1. The summed E-state index contributed by atoms with van der Waals surface area (Å²) in [5, 5.41) is 2.51. The first-order chi connectivity index (χ1) is 7.47. The maximum atomic E-state index is 11.2. The van der Waals surface area contributed by atoms with E-state index in [1.165, 1.54) is 6.20 Å². The summed E-state index contributed by atoms with van der Waals surface area (Å²) in [7, 11) is 0. The second kappa shape index (κ2) is 5.30. The minimum Gasteiger partial charge on any atom is -0.444 e. The molecule has 4 nitrogen and oxygen atoms in total. The summed E-state index contributed by atoms with van der Waals surface area (Å²) >= 11 is 0. The number of hydrogen-bond donors (Lipinski definition) is 1. The van der Waals surface area contributed by atoms with Crippen LogP contribution in [-0.4, -0.2) is 16.7 Å². The van der Waals surface area contributed by atoms with Gasteiger partial charge >= 0.3 is 6.09 Å². The van der Waals surface area contributed by atoms with Gasteiger partial charge in [-0.1, -0.05) is 6.07 Å². The summed E-state index contributed by atoms with van der Waals surface area (Å²) in [5.74, 6) is 0. The normalized spacial score (nSPS) is 11.4. The molecule has 0 aromatic carbocycles. The molecule has 0 spiro atoms. The SMILES string of the molecule is CC(C)(C)OC(=O)NC=Cc1ccccn1. The van der Waals surface area contributed by atoms with Gasteiger partial charge in [0, 0.05) is 12.4 Å². The van der Waals surface area contributed by atoms with Crippen LogP contribution in [-0.2, 0) is 4.74 Å². The lowest BCUT2D eigenvalue weighted by Gasteiger charge is -2.18. The largest absolute Gasteiger partial charge is 0.444 e. The molecule has 0 radical (unpaired) electrons. The highest BCUT2D eigenvalue weighted by Crippen LogP contribution is 2.06. The molecular formula is C12H16N2O2. The van der Waals surface area contributed by atoms with E-state index in [-0.39, 0.29) is 0 Å². The van der Waals surface area contributed by atoms with E-state index >= 15 is 0 Å². The van der Waals surface area contributed by atoms with Gasteiger partial charge in [-0.05, 0) is 39.0 Å². The standard InChI is InChI=1S/C12H16N2O2/c1-12(2,3)16-11(15)14-9-7-10-6-4-5-8-13-10/h4-9H,1-3H3,(H,14,15). The van der Waals surface area contributed by atoms with Crippen molar-refractivity contribution in [1.82, 2.24) is 10.3 Å². The lowest BCUT2D eigenvalue weighted by molar-refractivity contribution is 0.0553. The van der Waals surface area contributed by atoms with Crippen molar-refractivity contribution in [2.75, 3.05) is 0 Å². The Morgan fingerprint density at radius 3 is 2.75 bits per heavy atom. The van der Waals surface area contributed by atoms with E-state index in [2.05, 4.69) is 10.3 Å². The molecule has 1 aromatic heterocycles. The molecule has 1 aromatic rings. The molecule has 0 atom stereocenters. The number of carbonyl (C=O) groups is 1. The van der Waals surface area contributed by atoms with Gasteiger partial charge in [-0.25, -0.2) is 4.79 Å².